The highest BCUT2D eigenvalue weighted by Crippen LogP contribution is 2.31. The molecule has 3 rings (SSSR count). The second-order valence-corrected chi connectivity index (χ2v) is 9.58. The van der Waals surface area contributed by atoms with Gasteiger partial charge in [-0.2, -0.15) is 4.31 Å². The summed E-state index contributed by atoms with van der Waals surface area (Å²) < 4.78 is 47.0. The summed E-state index contributed by atoms with van der Waals surface area (Å²) in [4.78, 5) is 17.1. The van der Waals surface area contributed by atoms with Gasteiger partial charge in [0.15, 0.2) is 0 Å². The molecule has 32 heavy (non-hydrogen) atoms. The molecule has 0 radical (unpaired) electrons. The van der Waals surface area contributed by atoms with Crippen LogP contribution in [-0.2, 0) is 10.0 Å². The Labute approximate surface area is 190 Å². The van der Waals surface area contributed by atoms with Crippen molar-refractivity contribution in [1.82, 2.24) is 9.29 Å². The number of thiazole rings is 1. The Morgan fingerprint density at radius 2 is 1.88 bits per heavy atom. The molecule has 0 fully saturated rings. The third-order valence-corrected chi connectivity index (χ3v) is 7.76. The minimum absolute atomic E-state index is 0.0165. The van der Waals surface area contributed by atoms with E-state index in [1.54, 1.807) is 45.0 Å². The predicted octanol–water partition coefficient (Wildman–Crippen LogP) is 4.63. The molecule has 1 N–H and O–H groups in total. The third-order valence-electron chi connectivity index (χ3n) is 4.66. The highest BCUT2D eigenvalue weighted by atomic mass is 32.2. The molecule has 1 amide bonds. The van der Waals surface area contributed by atoms with Crippen molar-refractivity contribution in [3.8, 4) is 16.3 Å². The van der Waals surface area contributed by atoms with Crippen molar-refractivity contribution in [1.29, 1.82) is 0 Å². The Morgan fingerprint density at radius 1 is 1.16 bits per heavy atom. The number of carbonyl (C=O) groups excluding carboxylic acids is 1. The van der Waals surface area contributed by atoms with Crippen molar-refractivity contribution < 1.29 is 22.3 Å². The number of nitrogens with zero attached hydrogens (tertiary/aromatic N) is 2. The predicted molar refractivity (Wildman–Crippen MR) is 123 cm³/mol. The van der Waals surface area contributed by atoms with Crippen LogP contribution in [0, 0.1) is 5.82 Å². The number of nitrogens with one attached hydrogen (secondary N) is 1. The van der Waals surface area contributed by atoms with E-state index in [0.29, 0.717) is 36.0 Å². The summed E-state index contributed by atoms with van der Waals surface area (Å²) in [7, 11) is -3.81. The number of halogens is 1. The molecule has 0 saturated carbocycles. The Hall–Kier alpha value is -2.82. The van der Waals surface area contributed by atoms with Gasteiger partial charge in [-0.1, -0.05) is 26.0 Å². The first-order valence-corrected chi connectivity index (χ1v) is 12.4. The average Bonchev–Trinajstić information content (AvgIpc) is 3.26. The molecule has 0 bridgehead atoms. The number of sulfonamides is 1. The summed E-state index contributed by atoms with van der Waals surface area (Å²) in [6.45, 7) is 6.18. The fourth-order valence-corrected chi connectivity index (χ4v) is 5.55. The minimum atomic E-state index is -3.81. The number of hydrogen-bond acceptors (Lipinski definition) is 6. The zero-order chi connectivity index (χ0) is 23.3. The van der Waals surface area contributed by atoms with Crippen LogP contribution in [0.3, 0.4) is 0 Å². The van der Waals surface area contributed by atoms with Gasteiger partial charge in [-0.3, -0.25) is 4.79 Å². The Bertz CT molecular complexity index is 1210. The molecule has 0 aliphatic carbocycles. The van der Waals surface area contributed by atoms with E-state index in [-0.39, 0.29) is 15.5 Å². The van der Waals surface area contributed by atoms with Gasteiger partial charge in [-0.25, -0.2) is 17.8 Å². The number of rotatable bonds is 9. The second-order valence-electron chi connectivity index (χ2n) is 6.65. The van der Waals surface area contributed by atoms with Crippen LogP contribution >= 0.6 is 11.3 Å². The lowest BCUT2D eigenvalue weighted by Crippen LogP contribution is -2.31. The van der Waals surface area contributed by atoms with Gasteiger partial charge in [-0.05, 0) is 37.3 Å². The topological polar surface area (TPSA) is 88.6 Å². The van der Waals surface area contributed by atoms with Crippen molar-refractivity contribution in [3.05, 3.63) is 59.4 Å². The summed E-state index contributed by atoms with van der Waals surface area (Å²) in [5.41, 5.74) is 0.607. The van der Waals surface area contributed by atoms with Crippen LogP contribution in [0.25, 0.3) is 10.6 Å². The van der Waals surface area contributed by atoms with Gasteiger partial charge in [0.05, 0.1) is 12.8 Å². The number of hydrogen-bond donors (Lipinski definition) is 1. The lowest BCUT2D eigenvalue weighted by Gasteiger charge is -2.21. The van der Waals surface area contributed by atoms with Crippen LogP contribution in [-0.4, -0.2) is 43.3 Å². The number of ether oxygens (including phenoxy) is 1. The third kappa shape index (κ3) is 4.98. The van der Waals surface area contributed by atoms with Crippen molar-refractivity contribution >= 4 is 33.0 Å². The highest BCUT2D eigenvalue weighted by molar-refractivity contribution is 7.89. The fourth-order valence-electron chi connectivity index (χ4n) is 3.10. The Balaban J connectivity index is 1.89. The molecule has 3 aromatic rings. The van der Waals surface area contributed by atoms with Crippen LogP contribution in [0.2, 0.25) is 0 Å². The summed E-state index contributed by atoms with van der Waals surface area (Å²) in [5, 5.41) is 3.07. The van der Waals surface area contributed by atoms with Crippen LogP contribution in [0.4, 0.5) is 10.1 Å². The summed E-state index contributed by atoms with van der Waals surface area (Å²) in [6, 6.07) is 10.7. The van der Waals surface area contributed by atoms with Crippen molar-refractivity contribution in [3.63, 3.8) is 0 Å². The van der Waals surface area contributed by atoms with Crippen molar-refractivity contribution in [2.75, 3.05) is 25.0 Å². The van der Waals surface area contributed by atoms with Crippen molar-refractivity contribution in [2.24, 2.45) is 0 Å². The zero-order valence-corrected chi connectivity index (χ0v) is 19.6. The maximum Gasteiger partial charge on any atom is 0.267 e. The molecule has 2 aromatic carbocycles. The van der Waals surface area contributed by atoms with Crippen LogP contribution in [0.5, 0.6) is 5.75 Å². The monoisotopic (exact) mass is 477 g/mol. The van der Waals surface area contributed by atoms with E-state index >= 15 is 0 Å². The average molecular weight is 478 g/mol. The smallest absolute Gasteiger partial charge is 0.267 e. The van der Waals surface area contributed by atoms with Crippen LogP contribution in [0.15, 0.2) is 53.6 Å². The Kier molecular flexibility index (Phi) is 7.60. The van der Waals surface area contributed by atoms with Gasteiger partial charge in [0.1, 0.15) is 26.3 Å². The molecule has 7 nitrogen and oxygen atoms in total. The summed E-state index contributed by atoms with van der Waals surface area (Å²) in [6.07, 6.45) is 1.36. The van der Waals surface area contributed by atoms with E-state index in [0.717, 1.165) is 11.3 Å². The molecule has 1 heterocycles. The number of carbonyl (C=O) groups is 1. The number of anilines is 1. The molecule has 0 aliphatic rings. The van der Waals surface area contributed by atoms with Gasteiger partial charge in [0.25, 0.3) is 5.91 Å². The molecular weight excluding hydrogens is 453 g/mol. The summed E-state index contributed by atoms with van der Waals surface area (Å²) >= 11 is 1.05. The molecule has 0 atom stereocenters. The maximum absolute atomic E-state index is 14.0. The minimum Gasteiger partial charge on any atom is -0.492 e. The SMILES string of the molecule is CCOc1ccc(NC(=O)c2cnc(-c3ccccc3F)s2)cc1S(=O)(=O)N(CC)CC. The lowest BCUT2D eigenvalue weighted by molar-refractivity contribution is 0.103. The zero-order valence-electron chi connectivity index (χ0n) is 18.0. The molecule has 170 valence electrons. The van der Waals surface area contributed by atoms with E-state index in [4.69, 9.17) is 4.74 Å². The van der Waals surface area contributed by atoms with Crippen LogP contribution < -0.4 is 10.1 Å². The first-order valence-electron chi connectivity index (χ1n) is 10.1. The maximum atomic E-state index is 14.0. The largest absolute Gasteiger partial charge is 0.492 e. The van der Waals surface area contributed by atoms with E-state index < -0.39 is 21.7 Å². The highest BCUT2D eigenvalue weighted by Gasteiger charge is 2.26. The molecule has 0 saturated heterocycles. The van der Waals surface area contributed by atoms with E-state index in [9.17, 15) is 17.6 Å². The summed E-state index contributed by atoms with van der Waals surface area (Å²) in [5.74, 6) is -0.677. The molecule has 0 unspecified atom stereocenters. The van der Waals surface area contributed by atoms with Crippen molar-refractivity contribution in [2.45, 2.75) is 25.7 Å². The molecule has 1 aromatic heterocycles. The molecule has 0 spiro atoms. The van der Waals surface area contributed by atoms with Gasteiger partial charge in [-0.15, -0.1) is 11.3 Å². The molecular formula is C22H24FN3O4S2. The van der Waals surface area contributed by atoms with Gasteiger partial charge in [0.2, 0.25) is 10.0 Å². The van der Waals surface area contributed by atoms with Gasteiger partial charge >= 0.3 is 0 Å². The fraction of sp³-hybridized carbons (Fsp3) is 0.273. The van der Waals surface area contributed by atoms with E-state index in [1.165, 1.54) is 28.7 Å². The molecule has 0 aliphatic heterocycles. The number of amides is 1. The second kappa shape index (κ2) is 10.2. The first kappa shape index (κ1) is 23.8. The first-order chi connectivity index (χ1) is 15.3. The normalized spacial score (nSPS) is 11.5. The standard InChI is InChI=1S/C22H24FN3O4S2/c1-4-26(5-2)32(28,29)20-13-15(11-12-18(20)30-6-3)25-21(27)19-14-24-22(31-19)16-9-7-8-10-17(16)23/h7-14H,4-6H2,1-3H3,(H,25,27). The lowest BCUT2D eigenvalue weighted by atomic mass is 10.2. The number of benzene rings is 2. The van der Waals surface area contributed by atoms with E-state index in [2.05, 4.69) is 10.3 Å². The van der Waals surface area contributed by atoms with Crippen LogP contribution in [0.1, 0.15) is 30.4 Å². The van der Waals surface area contributed by atoms with E-state index in [1.807, 2.05) is 0 Å². The quantitative estimate of drug-likeness (QED) is 0.485. The van der Waals surface area contributed by atoms with Gasteiger partial charge < -0.3 is 10.1 Å². The number of aromatic nitrogens is 1. The molecule has 10 heteroatoms. The Morgan fingerprint density at radius 3 is 2.53 bits per heavy atom. The van der Waals surface area contributed by atoms with Gasteiger partial charge in [0, 0.05) is 24.3 Å².